The van der Waals surface area contributed by atoms with Crippen molar-refractivity contribution < 1.29 is 0 Å². The van der Waals surface area contributed by atoms with Crippen molar-refractivity contribution >= 4 is 113 Å². The fourth-order valence-electron chi connectivity index (χ4n) is 2.79. The summed E-state index contributed by atoms with van der Waals surface area (Å²) in [6, 6.07) is 13.7. The summed E-state index contributed by atoms with van der Waals surface area (Å²) in [5.74, 6) is 0. The maximum atomic E-state index is 5.64. The van der Waals surface area contributed by atoms with Crippen molar-refractivity contribution in [3.05, 3.63) is 100 Å². The minimum Gasteiger partial charge on any atom is -0.397 e. The summed E-state index contributed by atoms with van der Waals surface area (Å²) in [4.78, 5) is 6.11. The minimum absolute atomic E-state index is 0.246. The van der Waals surface area contributed by atoms with Gasteiger partial charge in [0.25, 0.3) is 0 Å². The van der Waals surface area contributed by atoms with Crippen LogP contribution in [-0.2, 0) is 0 Å². The lowest BCUT2D eigenvalue weighted by Crippen LogP contribution is -2.30. The smallest absolute Gasteiger partial charge is 0.123 e. The molecular weight excluding hydrogens is 800 g/mol. The van der Waals surface area contributed by atoms with Crippen molar-refractivity contribution in [3.63, 3.8) is 0 Å². The second-order valence-electron chi connectivity index (χ2n) is 6.44. The highest BCUT2D eigenvalue weighted by Crippen LogP contribution is 2.43. The Morgan fingerprint density at radius 3 is 2.09 bits per heavy atom. The van der Waals surface area contributed by atoms with Gasteiger partial charge in [0, 0.05) is 34.8 Å². The summed E-state index contributed by atoms with van der Waals surface area (Å²) in [7, 11) is 0. The molecule has 3 N–H and O–H groups in total. The molecule has 10 heteroatoms. The predicted molar refractivity (Wildman–Crippen MR) is 156 cm³/mol. The monoisotopic (exact) mass is 810 g/mol. The van der Waals surface area contributed by atoms with Crippen molar-refractivity contribution in [1.82, 2.24) is 4.98 Å². The molecule has 166 valence electrons. The van der Waals surface area contributed by atoms with Crippen LogP contribution in [-0.4, -0.2) is 11.1 Å². The summed E-state index contributed by atoms with van der Waals surface area (Å²) in [6.07, 6.45) is 10.3. The Labute approximate surface area is 237 Å². The first kappa shape index (κ1) is 26.0. The van der Waals surface area contributed by atoms with Gasteiger partial charge in [-0.3, -0.25) is 0 Å². The van der Waals surface area contributed by atoms with Gasteiger partial charge in [-0.1, -0.05) is 44.0 Å². The molecule has 2 aliphatic rings. The highest BCUT2D eigenvalue weighted by molar-refractivity contribution is 9.12. The van der Waals surface area contributed by atoms with Crippen LogP contribution in [0.2, 0.25) is 0 Å². The molecule has 1 aromatic heterocycles. The van der Waals surface area contributed by atoms with Gasteiger partial charge >= 0.3 is 0 Å². The number of hydrogen-bond acceptors (Lipinski definition) is 4. The molecule has 0 amide bonds. The molecule has 4 nitrogen and oxygen atoms in total. The van der Waals surface area contributed by atoms with Crippen LogP contribution in [0.1, 0.15) is 0 Å². The SMILES string of the molecule is Brc1cc(Br)c2c(c1)N1C=CC=CC1N2.Brc1ccccn1.Nc1c(Br)cc(Br)cc1Br. The highest BCUT2D eigenvalue weighted by atomic mass is 79.9. The lowest BCUT2D eigenvalue weighted by molar-refractivity contribution is 0.907. The van der Waals surface area contributed by atoms with Crippen LogP contribution in [0, 0.1) is 0 Å². The van der Waals surface area contributed by atoms with Gasteiger partial charge in [0.2, 0.25) is 0 Å². The number of rotatable bonds is 0. The summed E-state index contributed by atoms with van der Waals surface area (Å²) >= 11 is 20.2. The number of hydrogen-bond donors (Lipinski definition) is 2. The summed E-state index contributed by atoms with van der Waals surface area (Å²) in [5.41, 5.74) is 8.71. The number of fused-ring (bicyclic) bond motifs is 3. The van der Waals surface area contributed by atoms with Gasteiger partial charge in [-0.15, -0.1) is 0 Å². The number of nitrogens with one attached hydrogen (secondary N) is 1. The molecule has 2 aliphatic heterocycles. The lowest BCUT2D eigenvalue weighted by Gasteiger charge is -2.22. The van der Waals surface area contributed by atoms with Crippen LogP contribution in [0.25, 0.3) is 0 Å². The van der Waals surface area contributed by atoms with Gasteiger partial charge in [-0.25, -0.2) is 4.98 Å². The van der Waals surface area contributed by atoms with Crippen LogP contribution in [0.4, 0.5) is 17.1 Å². The Balaban J connectivity index is 0.000000147. The number of halogens is 6. The lowest BCUT2D eigenvalue weighted by atomic mass is 10.2. The second-order valence-corrected chi connectivity index (χ2v) is 11.6. The number of allylic oxidation sites excluding steroid dienone is 2. The normalized spacial score (nSPS) is 14.9. The zero-order valence-electron chi connectivity index (χ0n) is 16.2. The van der Waals surface area contributed by atoms with Gasteiger partial charge in [0.15, 0.2) is 0 Å². The molecule has 3 aromatic rings. The van der Waals surface area contributed by atoms with E-state index in [9.17, 15) is 0 Å². The third-order valence-corrected chi connectivity index (χ3v) is 7.55. The summed E-state index contributed by atoms with van der Waals surface area (Å²) in [5, 5.41) is 3.45. The van der Waals surface area contributed by atoms with E-state index >= 15 is 0 Å². The molecule has 5 rings (SSSR count). The van der Waals surface area contributed by atoms with E-state index in [4.69, 9.17) is 5.73 Å². The average molecular weight is 816 g/mol. The van der Waals surface area contributed by atoms with Crippen molar-refractivity contribution in [2.45, 2.75) is 6.17 Å². The van der Waals surface area contributed by atoms with Crippen molar-refractivity contribution in [3.8, 4) is 0 Å². The van der Waals surface area contributed by atoms with E-state index < -0.39 is 0 Å². The number of anilines is 3. The molecule has 0 spiro atoms. The number of nitrogens with zero attached hydrogens (tertiary/aromatic N) is 2. The average Bonchev–Trinajstić information content (AvgIpc) is 3.13. The maximum absolute atomic E-state index is 5.64. The Hall–Kier alpha value is -0.650. The minimum atomic E-state index is 0.246. The molecule has 0 bridgehead atoms. The first-order valence-electron chi connectivity index (χ1n) is 9.11. The number of nitrogen functional groups attached to an aromatic ring is 1. The fourth-order valence-corrected chi connectivity index (χ4v) is 6.64. The standard InChI is InChI=1S/C11H8Br2N2.C6H4Br3N.C5H4BrN/c12-7-5-8(13)11-9(6-7)15-4-2-1-3-10(15)14-11;7-3-1-4(8)6(10)5(9)2-3;6-5-3-1-2-4-7-5/h1-6,10,14H;1-2H,10H2;1-4H. The molecule has 2 aromatic carbocycles. The van der Waals surface area contributed by atoms with Crippen LogP contribution >= 0.6 is 95.6 Å². The Kier molecular flexibility index (Phi) is 9.87. The van der Waals surface area contributed by atoms with E-state index in [1.54, 1.807) is 6.20 Å². The Morgan fingerprint density at radius 1 is 0.844 bits per heavy atom. The molecule has 1 unspecified atom stereocenters. The molecule has 1 atom stereocenters. The molecular formula is C22H16Br6N4. The van der Waals surface area contributed by atoms with Gasteiger partial charge in [-0.05, 0) is 112 Å². The third kappa shape index (κ3) is 6.93. The third-order valence-electron chi connectivity index (χ3n) is 4.23. The predicted octanol–water partition coefficient (Wildman–Crippen LogP) is 9.25. The van der Waals surface area contributed by atoms with E-state index in [1.807, 2.05) is 36.4 Å². The Bertz CT molecular complexity index is 1130. The van der Waals surface area contributed by atoms with Crippen molar-refractivity contribution in [1.29, 1.82) is 0 Å². The second kappa shape index (κ2) is 12.2. The molecule has 32 heavy (non-hydrogen) atoms. The van der Waals surface area contributed by atoms with E-state index in [0.29, 0.717) is 0 Å². The zero-order valence-corrected chi connectivity index (χ0v) is 25.8. The topological polar surface area (TPSA) is 54.2 Å². The van der Waals surface area contributed by atoms with Gasteiger partial charge in [0.05, 0.1) is 17.1 Å². The first-order chi connectivity index (χ1) is 15.3. The van der Waals surface area contributed by atoms with Crippen LogP contribution in [0.3, 0.4) is 0 Å². The maximum Gasteiger partial charge on any atom is 0.123 e. The quantitative estimate of drug-likeness (QED) is 0.176. The number of nitrogens with two attached hydrogens (primary N) is 1. The van der Waals surface area contributed by atoms with Crippen LogP contribution in [0.5, 0.6) is 0 Å². The molecule has 0 radical (unpaired) electrons. The molecule has 0 saturated heterocycles. The van der Waals surface area contributed by atoms with Gasteiger partial charge in [0.1, 0.15) is 10.8 Å². The van der Waals surface area contributed by atoms with E-state index in [0.717, 1.165) is 38.3 Å². The molecule has 0 saturated carbocycles. The van der Waals surface area contributed by atoms with E-state index in [-0.39, 0.29) is 6.17 Å². The summed E-state index contributed by atoms with van der Waals surface area (Å²) in [6.45, 7) is 0. The van der Waals surface area contributed by atoms with Crippen LogP contribution < -0.4 is 16.0 Å². The Morgan fingerprint density at radius 2 is 1.50 bits per heavy atom. The fraction of sp³-hybridized carbons (Fsp3) is 0.0455. The molecule has 3 heterocycles. The number of benzene rings is 2. The number of aromatic nitrogens is 1. The van der Waals surface area contributed by atoms with Crippen molar-refractivity contribution in [2.24, 2.45) is 0 Å². The first-order valence-corrected chi connectivity index (χ1v) is 13.9. The largest absolute Gasteiger partial charge is 0.397 e. The number of pyridine rings is 1. The van der Waals surface area contributed by atoms with Gasteiger partial charge < -0.3 is 16.0 Å². The van der Waals surface area contributed by atoms with Crippen LogP contribution in [0.15, 0.2) is 100 Å². The summed E-state index contributed by atoms with van der Waals surface area (Å²) < 4.78 is 5.85. The van der Waals surface area contributed by atoms with Gasteiger partial charge in [-0.2, -0.15) is 0 Å². The van der Waals surface area contributed by atoms with Crippen molar-refractivity contribution in [2.75, 3.05) is 16.0 Å². The molecule has 0 aliphatic carbocycles. The van der Waals surface area contributed by atoms with E-state index in [1.165, 1.54) is 5.69 Å². The highest BCUT2D eigenvalue weighted by Gasteiger charge is 2.28. The molecule has 0 fully saturated rings. The van der Waals surface area contributed by atoms with E-state index in [2.05, 4.69) is 141 Å². The zero-order chi connectivity index (χ0) is 23.3.